The van der Waals surface area contributed by atoms with Crippen LogP contribution in [-0.2, 0) is 28.7 Å². The quantitative estimate of drug-likeness (QED) is 0.0912. The minimum atomic E-state index is -4.50. The second-order valence-corrected chi connectivity index (χ2v) is 13.4. The summed E-state index contributed by atoms with van der Waals surface area (Å²) >= 11 is 0. The standard InChI is InChI=1S/C32H53N4O8P/c1-3-4-5-6-7-8-9-10-11-12-13-14-15-16-17-20-41-21-22-42-45(39,40)43-23-28-30(37)31(38)32(24-33,44-28)29-19-18-27-26(2)34-25-35-36(27)29/h18-19,25,28,30-31,37-38H,3-17,20-23H2,1-2H3,(H,39,40)/t28-,30-,31-,32+/m1/s1. The first-order valence-corrected chi connectivity index (χ1v) is 18.2. The van der Waals surface area contributed by atoms with Gasteiger partial charge >= 0.3 is 7.82 Å². The van der Waals surface area contributed by atoms with E-state index in [1.54, 1.807) is 19.1 Å². The van der Waals surface area contributed by atoms with Crippen LogP contribution in [0.3, 0.4) is 0 Å². The predicted octanol–water partition coefficient (Wildman–Crippen LogP) is 5.90. The van der Waals surface area contributed by atoms with E-state index in [9.17, 15) is 24.9 Å². The van der Waals surface area contributed by atoms with E-state index in [2.05, 4.69) is 17.0 Å². The highest BCUT2D eigenvalue weighted by Gasteiger charge is 2.57. The largest absolute Gasteiger partial charge is 0.472 e. The summed E-state index contributed by atoms with van der Waals surface area (Å²) in [5.74, 6) is 0. The van der Waals surface area contributed by atoms with Gasteiger partial charge in [-0.15, -0.1) is 0 Å². The summed E-state index contributed by atoms with van der Waals surface area (Å²) in [6.07, 6.45) is 16.2. The number of hydrogen-bond donors (Lipinski definition) is 3. The Balaban J connectivity index is 1.23. The van der Waals surface area contributed by atoms with Crippen molar-refractivity contribution in [1.82, 2.24) is 14.6 Å². The van der Waals surface area contributed by atoms with E-state index >= 15 is 0 Å². The Morgan fingerprint density at radius 2 is 1.53 bits per heavy atom. The number of aromatic nitrogens is 3. The Hall–Kier alpha value is -1.94. The van der Waals surface area contributed by atoms with Crippen LogP contribution in [0.1, 0.15) is 115 Å². The molecule has 3 rings (SSSR count). The van der Waals surface area contributed by atoms with Crippen LogP contribution in [0.25, 0.3) is 5.52 Å². The number of ether oxygens (including phenoxy) is 2. The highest BCUT2D eigenvalue weighted by atomic mass is 31.2. The molecule has 1 aliphatic rings. The first kappa shape index (κ1) is 37.5. The van der Waals surface area contributed by atoms with Crippen molar-refractivity contribution in [3.05, 3.63) is 29.8 Å². The zero-order valence-electron chi connectivity index (χ0n) is 27.0. The number of rotatable bonds is 24. The first-order valence-electron chi connectivity index (χ1n) is 16.7. The fourth-order valence-electron chi connectivity index (χ4n) is 5.75. The van der Waals surface area contributed by atoms with Gasteiger partial charge in [0.15, 0.2) is 0 Å². The fraction of sp³-hybridized carbons (Fsp3) is 0.781. The molecule has 3 N–H and O–H groups in total. The number of unbranched alkanes of at least 4 members (excludes halogenated alkanes) is 14. The van der Waals surface area contributed by atoms with Crippen LogP contribution < -0.4 is 0 Å². The molecule has 0 spiro atoms. The molecule has 45 heavy (non-hydrogen) atoms. The fourth-order valence-corrected chi connectivity index (χ4v) is 6.46. The van der Waals surface area contributed by atoms with Gasteiger partial charge in [0, 0.05) is 6.61 Å². The normalized spacial score (nSPS) is 23.0. The van der Waals surface area contributed by atoms with Crippen LogP contribution in [0.2, 0.25) is 0 Å². The van der Waals surface area contributed by atoms with Crippen molar-refractivity contribution in [3.8, 4) is 6.07 Å². The van der Waals surface area contributed by atoms with Crippen molar-refractivity contribution in [2.24, 2.45) is 0 Å². The third-order valence-corrected chi connectivity index (χ3v) is 9.41. The molecule has 0 radical (unpaired) electrons. The van der Waals surface area contributed by atoms with E-state index in [1.165, 1.54) is 94.3 Å². The summed E-state index contributed by atoms with van der Waals surface area (Å²) in [4.78, 5) is 14.2. The number of fused-ring (bicyclic) bond motifs is 1. The van der Waals surface area contributed by atoms with Gasteiger partial charge in [0.1, 0.15) is 30.7 Å². The van der Waals surface area contributed by atoms with Crippen molar-refractivity contribution >= 4 is 13.3 Å². The molecular formula is C32H53N4O8P. The predicted molar refractivity (Wildman–Crippen MR) is 169 cm³/mol. The van der Waals surface area contributed by atoms with Crippen LogP contribution in [-0.4, -0.2) is 74.4 Å². The van der Waals surface area contributed by atoms with Gasteiger partial charge in [0.05, 0.1) is 36.7 Å². The van der Waals surface area contributed by atoms with Crippen molar-refractivity contribution < 1.29 is 38.2 Å². The molecule has 0 bridgehead atoms. The lowest BCUT2D eigenvalue weighted by Gasteiger charge is -2.24. The Morgan fingerprint density at radius 3 is 2.13 bits per heavy atom. The second kappa shape index (κ2) is 19.7. The van der Waals surface area contributed by atoms with E-state index in [0.717, 1.165) is 12.8 Å². The number of hydrogen-bond acceptors (Lipinski definition) is 10. The first-order chi connectivity index (χ1) is 21.8. The maximum Gasteiger partial charge on any atom is 0.472 e. The van der Waals surface area contributed by atoms with Gasteiger partial charge < -0.3 is 24.6 Å². The van der Waals surface area contributed by atoms with Crippen LogP contribution in [0.15, 0.2) is 18.5 Å². The number of nitriles is 1. The number of phosphoric acid groups is 1. The number of nitrogens with zero attached hydrogens (tertiary/aromatic N) is 4. The summed E-state index contributed by atoms with van der Waals surface area (Å²) in [6, 6.07) is 5.17. The summed E-state index contributed by atoms with van der Waals surface area (Å²) < 4.78 is 35.1. The SMILES string of the molecule is CCCCCCCCCCCCCCCCCOCCOP(=O)(O)OC[C@H]1O[C@@](C#N)(c2ccc3c(C)ncnn23)[C@H](O)[C@@H]1O. The minimum Gasteiger partial charge on any atom is -0.387 e. The molecule has 0 saturated carbocycles. The maximum absolute atomic E-state index is 12.4. The third kappa shape index (κ3) is 11.4. The van der Waals surface area contributed by atoms with Gasteiger partial charge in [0.25, 0.3) is 0 Å². The highest BCUT2D eigenvalue weighted by molar-refractivity contribution is 7.47. The molecule has 0 amide bonds. The Kier molecular flexibility index (Phi) is 16.4. The van der Waals surface area contributed by atoms with E-state index in [4.69, 9.17) is 18.5 Å². The van der Waals surface area contributed by atoms with Gasteiger partial charge in [-0.05, 0) is 25.5 Å². The molecule has 1 aliphatic heterocycles. The van der Waals surface area contributed by atoms with Crippen LogP contribution in [0, 0.1) is 18.3 Å². The van der Waals surface area contributed by atoms with Crippen molar-refractivity contribution in [3.63, 3.8) is 0 Å². The molecule has 12 nitrogen and oxygen atoms in total. The van der Waals surface area contributed by atoms with E-state index in [0.29, 0.717) is 17.8 Å². The molecule has 2 aromatic rings. The van der Waals surface area contributed by atoms with Crippen molar-refractivity contribution in [2.75, 3.05) is 26.4 Å². The summed E-state index contributed by atoms with van der Waals surface area (Å²) in [5.41, 5.74) is -0.548. The molecule has 1 saturated heterocycles. The number of aliphatic hydroxyl groups excluding tert-OH is 2. The third-order valence-electron chi connectivity index (χ3n) is 8.43. The highest BCUT2D eigenvalue weighted by Crippen LogP contribution is 2.46. The molecule has 0 aromatic carbocycles. The average molecular weight is 653 g/mol. The number of aryl methyl sites for hydroxylation is 1. The second-order valence-electron chi connectivity index (χ2n) is 12.0. The monoisotopic (exact) mass is 652 g/mol. The summed E-state index contributed by atoms with van der Waals surface area (Å²) in [5, 5.41) is 35.5. The van der Waals surface area contributed by atoms with Crippen LogP contribution in [0.5, 0.6) is 0 Å². The van der Waals surface area contributed by atoms with Gasteiger partial charge in [-0.2, -0.15) is 10.4 Å². The average Bonchev–Trinajstić information content (AvgIpc) is 3.57. The Morgan fingerprint density at radius 1 is 0.933 bits per heavy atom. The maximum atomic E-state index is 12.4. The molecule has 0 aliphatic carbocycles. The lowest BCUT2D eigenvalue weighted by molar-refractivity contribution is -0.0646. The zero-order valence-corrected chi connectivity index (χ0v) is 27.9. The lowest BCUT2D eigenvalue weighted by atomic mass is 9.92. The molecule has 1 fully saturated rings. The van der Waals surface area contributed by atoms with Gasteiger partial charge in [-0.1, -0.05) is 96.8 Å². The topological polar surface area (TPSA) is 169 Å². The Bertz CT molecular complexity index is 1220. The minimum absolute atomic E-state index is 0.133. The number of phosphoric ester groups is 1. The molecule has 5 atom stereocenters. The Labute approximate surface area is 267 Å². The van der Waals surface area contributed by atoms with Crippen molar-refractivity contribution in [1.29, 1.82) is 5.26 Å². The summed E-state index contributed by atoms with van der Waals surface area (Å²) in [6.45, 7) is 3.96. The van der Waals surface area contributed by atoms with Gasteiger partial charge in [-0.25, -0.2) is 14.1 Å². The molecule has 3 heterocycles. The van der Waals surface area contributed by atoms with E-state index < -0.39 is 38.3 Å². The molecule has 2 aromatic heterocycles. The van der Waals surface area contributed by atoms with Crippen LogP contribution >= 0.6 is 7.82 Å². The molecule has 1 unspecified atom stereocenters. The number of aliphatic hydroxyl groups is 2. The van der Waals surface area contributed by atoms with Gasteiger partial charge in [0.2, 0.25) is 5.60 Å². The van der Waals surface area contributed by atoms with Crippen LogP contribution in [0.4, 0.5) is 0 Å². The molecule has 254 valence electrons. The summed E-state index contributed by atoms with van der Waals surface area (Å²) in [7, 11) is -4.50. The zero-order chi connectivity index (χ0) is 32.5. The molecular weight excluding hydrogens is 599 g/mol. The van der Waals surface area contributed by atoms with Gasteiger partial charge in [-0.3, -0.25) is 9.05 Å². The van der Waals surface area contributed by atoms with E-state index in [1.807, 2.05) is 6.07 Å². The van der Waals surface area contributed by atoms with E-state index in [-0.39, 0.29) is 18.9 Å². The van der Waals surface area contributed by atoms with Crippen molar-refractivity contribution in [2.45, 2.75) is 134 Å². The smallest absolute Gasteiger partial charge is 0.387 e. The molecule has 13 heteroatoms. The lowest BCUT2D eigenvalue weighted by Crippen LogP contribution is -2.41.